The van der Waals surface area contributed by atoms with Crippen molar-refractivity contribution in [2.24, 2.45) is 0 Å². The molecule has 0 bridgehead atoms. The quantitative estimate of drug-likeness (QED) is 0.717. The largest absolute Gasteiger partial charge is 0.489 e. The van der Waals surface area contributed by atoms with E-state index in [1.165, 1.54) is 5.56 Å². The van der Waals surface area contributed by atoms with Gasteiger partial charge in [0.05, 0.1) is 5.75 Å². The zero-order valence-electron chi connectivity index (χ0n) is 13.4. The average Bonchev–Trinajstić information content (AvgIpc) is 2.59. The maximum Gasteiger partial charge on any atom is 0.211 e. The Morgan fingerprint density at radius 3 is 2.30 bits per heavy atom. The maximum absolute atomic E-state index is 11.3. The number of ether oxygens (including phenoxy) is 1. The lowest BCUT2D eigenvalue weighted by molar-refractivity contribution is 0.306. The molecule has 0 fully saturated rings. The summed E-state index contributed by atoms with van der Waals surface area (Å²) in [6.07, 6.45) is 1.62. The van der Waals surface area contributed by atoms with Gasteiger partial charge in [-0.05, 0) is 43.0 Å². The van der Waals surface area contributed by atoms with Gasteiger partial charge < -0.3 is 4.74 Å². The first kappa shape index (κ1) is 17.5. The molecular weight excluding hydrogens is 310 g/mol. The standard InChI is InChI=1S/C18H23NO3S/c1-2-23(20,21)19-14-6-9-16-10-12-18(13-11-16)22-15-17-7-4-3-5-8-17/h3-5,7-8,10-13,19H,2,6,9,14-15H2,1H3. The molecule has 2 aromatic carbocycles. The third-order valence-electron chi connectivity index (χ3n) is 3.52. The predicted molar refractivity (Wildman–Crippen MR) is 93.0 cm³/mol. The molecule has 0 unspecified atom stereocenters. The highest BCUT2D eigenvalue weighted by atomic mass is 32.2. The van der Waals surface area contributed by atoms with E-state index >= 15 is 0 Å². The Balaban J connectivity index is 1.74. The Bertz CT molecular complexity index is 682. The third kappa shape index (κ3) is 6.42. The summed E-state index contributed by atoms with van der Waals surface area (Å²) in [7, 11) is -3.08. The zero-order valence-corrected chi connectivity index (χ0v) is 14.2. The van der Waals surface area contributed by atoms with Crippen LogP contribution in [0.2, 0.25) is 0 Å². The van der Waals surface area contributed by atoms with Crippen LogP contribution in [0, 0.1) is 0 Å². The van der Waals surface area contributed by atoms with E-state index in [4.69, 9.17) is 4.74 Å². The van der Waals surface area contributed by atoms with E-state index in [0.29, 0.717) is 13.2 Å². The van der Waals surface area contributed by atoms with Gasteiger partial charge in [0, 0.05) is 6.54 Å². The van der Waals surface area contributed by atoms with E-state index < -0.39 is 10.0 Å². The molecule has 0 saturated heterocycles. The van der Waals surface area contributed by atoms with Crippen LogP contribution in [0.25, 0.3) is 0 Å². The summed E-state index contributed by atoms with van der Waals surface area (Å²) in [5.41, 5.74) is 2.31. The molecule has 5 heteroatoms. The van der Waals surface area contributed by atoms with Gasteiger partial charge in [-0.25, -0.2) is 13.1 Å². The number of rotatable bonds is 9. The molecule has 0 aliphatic rings. The fraction of sp³-hybridized carbons (Fsp3) is 0.333. The smallest absolute Gasteiger partial charge is 0.211 e. The second kappa shape index (κ2) is 8.70. The highest BCUT2D eigenvalue weighted by Gasteiger charge is 2.04. The number of nitrogens with one attached hydrogen (secondary N) is 1. The molecule has 0 amide bonds. The van der Waals surface area contributed by atoms with Gasteiger partial charge in [0.2, 0.25) is 10.0 Å². The molecule has 1 N–H and O–H groups in total. The third-order valence-corrected chi connectivity index (χ3v) is 4.92. The number of benzene rings is 2. The van der Waals surface area contributed by atoms with Gasteiger partial charge in [0.15, 0.2) is 0 Å². The van der Waals surface area contributed by atoms with E-state index in [0.717, 1.165) is 24.2 Å². The predicted octanol–water partition coefficient (Wildman–Crippen LogP) is 3.14. The Hall–Kier alpha value is -1.85. The van der Waals surface area contributed by atoms with E-state index in [-0.39, 0.29) is 5.75 Å². The first-order valence-corrected chi connectivity index (χ1v) is 9.47. The molecule has 0 saturated carbocycles. The molecule has 0 aliphatic heterocycles. The van der Waals surface area contributed by atoms with Gasteiger partial charge >= 0.3 is 0 Å². The van der Waals surface area contributed by atoms with E-state index in [1.807, 2.05) is 54.6 Å². The summed E-state index contributed by atoms with van der Waals surface area (Å²) in [5, 5.41) is 0. The fourth-order valence-corrected chi connectivity index (χ4v) is 2.77. The normalized spacial score (nSPS) is 11.3. The van der Waals surface area contributed by atoms with Crippen LogP contribution >= 0.6 is 0 Å². The van der Waals surface area contributed by atoms with Crippen molar-refractivity contribution < 1.29 is 13.2 Å². The lowest BCUT2D eigenvalue weighted by Gasteiger charge is -2.08. The van der Waals surface area contributed by atoms with Gasteiger partial charge in [0.1, 0.15) is 12.4 Å². The molecular formula is C18H23NO3S. The van der Waals surface area contributed by atoms with E-state index in [2.05, 4.69) is 4.72 Å². The molecule has 0 aliphatic carbocycles. The number of hydrogen-bond acceptors (Lipinski definition) is 3. The monoisotopic (exact) mass is 333 g/mol. The summed E-state index contributed by atoms with van der Waals surface area (Å²) in [4.78, 5) is 0. The summed E-state index contributed by atoms with van der Waals surface area (Å²) >= 11 is 0. The van der Waals surface area contributed by atoms with Crippen LogP contribution in [0.5, 0.6) is 5.75 Å². The Morgan fingerprint density at radius 1 is 0.957 bits per heavy atom. The van der Waals surface area contributed by atoms with Crippen LogP contribution in [0.3, 0.4) is 0 Å². The van der Waals surface area contributed by atoms with Crippen molar-refractivity contribution in [1.29, 1.82) is 0 Å². The van der Waals surface area contributed by atoms with Crippen LogP contribution in [0.15, 0.2) is 54.6 Å². The molecule has 23 heavy (non-hydrogen) atoms. The average molecular weight is 333 g/mol. The van der Waals surface area contributed by atoms with Gasteiger partial charge in [-0.1, -0.05) is 42.5 Å². The van der Waals surface area contributed by atoms with Crippen LogP contribution < -0.4 is 9.46 Å². The minimum Gasteiger partial charge on any atom is -0.489 e. The molecule has 124 valence electrons. The number of hydrogen-bond donors (Lipinski definition) is 1. The number of aryl methyl sites for hydroxylation is 1. The molecule has 0 spiro atoms. The Kier molecular flexibility index (Phi) is 6.62. The molecule has 2 rings (SSSR count). The second-order valence-electron chi connectivity index (χ2n) is 5.32. The van der Waals surface area contributed by atoms with Gasteiger partial charge in [-0.15, -0.1) is 0 Å². The van der Waals surface area contributed by atoms with Crippen LogP contribution in [-0.4, -0.2) is 20.7 Å². The lowest BCUT2D eigenvalue weighted by Crippen LogP contribution is -2.26. The van der Waals surface area contributed by atoms with Crippen molar-refractivity contribution in [2.45, 2.75) is 26.4 Å². The van der Waals surface area contributed by atoms with Crippen molar-refractivity contribution in [2.75, 3.05) is 12.3 Å². The Labute approximate surface area is 138 Å². The second-order valence-corrected chi connectivity index (χ2v) is 7.42. The SMILES string of the molecule is CCS(=O)(=O)NCCCc1ccc(OCc2ccccc2)cc1. The first-order valence-electron chi connectivity index (χ1n) is 7.82. The van der Waals surface area contributed by atoms with Crippen molar-refractivity contribution >= 4 is 10.0 Å². The van der Waals surface area contributed by atoms with Crippen LogP contribution in [0.4, 0.5) is 0 Å². The minimum atomic E-state index is -3.08. The molecule has 0 aromatic heterocycles. The van der Waals surface area contributed by atoms with Crippen molar-refractivity contribution in [3.63, 3.8) is 0 Å². The van der Waals surface area contributed by atoms with Gasteiger partial charge in [-0.2, -0.15) is 0 Å². The summed E-state index contributed by atoms with van der Waals surface area (Å²) < 4.78 is 30.9. The zero-order chi connectivity index (χ0) is 16.5. The van der Waals surface area contributed by atoms with Crippen LogP contribution in [0.1, 0.15) is 24.5 Å². The van der Waals surface area contributed by atoms with Crippen molar-refractivity contribution in [1.82, 2.24) is 4.72 Å². The minimum absolute atomic E-state index is 0.125. The molecule has 0 radical (unpaired) electrons. The van der Waals surface area contributed by atoms with Gasteiger partial charge in [0.25, 0.3) is 0 Å². The fourth-order valence-electron chi connectivity index (χ4n) is 2.12. The van der Waals surface area contributed by atoms with Crippen molar-refractivity contribution in [3.8, 4) is 5.75 Å². The summed E-state index contributed by atoms with van der Waals surface area (Å²) in [5.74, 6) is 0.963. The van der Waals surface area contributed by atoms with Crippen LogP contribution in [-0.2, 0) is 23.1 Å². The van der Waals surface area contributed by atoms with Crippen molar-refractivity contribution in [3.05, 3.63) is 65.7 Å². The molecule has 2 aromatic rings. The van der Waals surface area contributed by atoms with E-state index in [1.54, 1.807) is 6.92 Å². The lowest BCUT2D eigenvalue weighted by atomic mass is 10.1. The summed E-state index contributed by atoms with van der Waals surface area (Å²) in [6, 6.07) is 18.0. The highest BCUT2D eigenvalue weighted by molar-refractivity contribution is 7.89. The maximum atomic E-state index is 11.3. The topological polar surface area (TPSA) is 55.4 Å². The molecule has 0 atom stereocenters. The molecule has 4 nitrogen and oxygen atoms in total. The first-order chi connectivity index (χ1) is 11.1. The van der Waals surface area contributed by atoms with Gasteiger partial charge in [-0.3, -0.25) is 0 Å². The summed E-state index contributed by atoms with van der Waals surface area (Å²) in [6.45, 7) is 2.66. The highest BCUT2D eigenvalue weighted by Crippen LogP contribution is 2.15. The van der Waals surface area contributed by atoms with E-state index in [9.17, 15) is 8.42 Å². The molecule has 0 heterocycles. The number of sulfonamides is 1. The Morgan fingerprint density at radius 2 is 1.65 bits per heavy atom.